The van der Waals surface area contributed by atoms with Crippen LogP contribution in [-0.4, -0.2) is 23.0 Å². The first-order chi connectivity index (χ1) is 9.27. The highest BCUT2D eigenvalue weighted by molar-refractivity contribution is 7.99. The summed E-state index contributed by atoms with van der Waals surface area (Å²) in [5.74, 6) is 1.97. The summed E-state index contributed by atoms with van der Waals surface area (Å²) in [6.07, 6.45) is 13.7. The van der Waals surface area contributed by atoms with Crippen molar-refractivity contribution in [1.29, 1.82) is 0 Å². The van der Waals surface area contributed by atoms with Crippen LogP contribution in [0.3, 0.4) is 0 Å². The number of rotatable bonds is 15. The van der Waals surface area contributed by atoms with Crippen LogP contribution in [0.2, 0.25) is 0 Å². The molecule has 0 aliphatic carbocycles. The highest BCUT2D eigenvalue weighted by Gasteiger charge is 1.95. The van der Waals surface area contributed by atoms with Gasteiger partial charge < -0.3 is 9.42 Å². The van der Waals surface area contributed by atoms with Crippen LogP contribution in [0.4, 0.5) is 0 Å². The van der Waals surface area contributed by atoms with Gasteiger partial charge in [0.25, 0.3) is 0 Å². The molecule has 1 unspecified atom stereocenters. The van der Waals surface area contributed by atoms with Gasteiger partial charge in [0.05, 0.1) is 6.61 Å². The maximum atomic E-state index is 10.3. The Labute approximate surface area is 123 Å². The van der Waals surface area contributed by atoms with Gasteiger partial charge in [-0.05, 0) is 12.2 Å². The summed E-state index contributed by atoms with van der Waals surface area (Å²) in [4.78, 5) is 8.46. The molecule has 0 aliphatic rings. The van der Waals surface area contributed by atoms with Crippen molar-refractivity contribution in [2.75, 3.05) is 18.1 Å². The maximum absolute atomic E-state index is 10.3. The molecule has 5 heteroatoms. The summed E-state index contributed by atoms with van der Waals surface area (Å²) in [6, 6.07) is 0. The molecule has 0 fully saturated rings. The lowest BCUT2D eigenvalue weighted by atomic mass is 10.1. The lowest BCUT2D eigenvalue weighted by Gasteiger charge is -2.03. The van der Waals surface area contributed by atoms with Crippen molar-refractivity contribution < 1.29 is 14.0 Å². The van der Waals surface area contributed by atoms with Gasteiger partial charge in [-0.2, -0.15) is 11.8 Å². The van der Waals surface area contributed by atoms with Crippen LogP contribution in [0.1, 0.15) is 71.1 Å². The monoisotopic (exact) mass is 310 g/mol. The number of thioether (sulfide) groups is 1. The van der Waals surface area contributed by atoms with Crippen molar-refractivity contribution in [3.8, 4) is 0 Å². The topological polar surface area (TPSA) is 46.5 Å². The first kappa shape index (κ1) is 19.5. The average Bonchev–Trinajstić information content (AvgIpc) is 2.39. The molecule has 0 aromatic carbocycles. The minimum Gasteiger partial charge on any atom is -0.326 e. The van der Waals surface area contributed by atoms with Gasteiger partial charge >= 0.3 is 8.25 Å². The van der Waals surface area contributed by atoms with E-state index in [9.17, 15) is 4.57 Å². The molecule has 0 aliphatic heterocycles. The Morgan fingerprint density at radius 2 is 1.42 bits per heavy atom. The SMILES string of the molecule is CCCCCCCCCCCCSCCO[PH](=O)O. The van der Waals surface area contributed by atoms with E-state index in [1.807, 2.05) is 11.8 Å². The summed E-state index contributed by atoms with van der Waals surface area (Å²) in [5, 5.41) is 0. The molecule has 19 heavy (non-hydrogen) atoms. The third kappa shape index (κ3) is 18.5. The highest BCUT2D eigenvalue weighted by Crippen LogP contribution is 2.16. The zero-order valence-electron chi connectivity index (χ0n) is 12.4. The molecule has 0 spiro atoms. The van der Waals surface area contributed by atoms with Gasteiger partial charge in [0, 0.05) is 5.75 Å². The number of unbranched alkanes of at least 4 members (excludes halogenated alkanes) is 9. The molecule has 0 saturated heterocycles. The molecule has 0 rings (SSSR count). The molecule has 0 amide bonds. The average molecular weight is 310 g/mol. The first-order valence-electron chi connectivity index (χ1n) is 7.70. The second-order valence-corrected chi connectivity index (χ2v) is 6.95. The van der Waals surface area contributed by atoms with Gasteiger partial charge in [-0.1, -0.05) is 64.7 Å². The minimum absolute atomic E-state index is 0.400. The Hall–Kier alpha value is 0.500. The highest BCUT2D eigenvalue weighted by atomic mass is 32.2. The second-order valence-electron chi connectivity index (χ2n) is 4.91. The van der Waals surface area contributed by atoms with Crippen molar-refractivity contribution in [2.45, 2.75) is 71.1 Å². The lowest BCUT2D eigenvalue weighted by Crippen LogP contribution is -1.92. The molecule has 0 aromatic rings. The van der Waals surface area contributed by atoms with Crippen molar-refractivity contribution >= 4 is 20.0 Å². The molecule has 0 aromatic heterocycles. The van der Waals surface area contributed by atoms with Gasteiger partial charge in [0.15, 0.2) is 0 Å². The molecule has 0 radical (unpaired) electrons. The minimum atomic E-state index is -2.71. The van der Waals surface area contributed by atoms with Crippen molar-refractivity contribution in [3.63, 3.8) is 0 Å². The van der Waals surface area contributed by atoms with E-state index in [0.29, 0.717) is 6.61 Å². The van der Waals surface area contributed by atoms with Crippen LogP contribution >= 0.6 is 20.0 Å². The number of hydrogen-bond donors (Lipinski definition) is 1. The molecular formula is C14H31O3PS. The molecule has 0 heterocycles. The second kappa shape index (κ2) is 16.6. The van der Waals surface area contributed by atoms with Crippen LogP contribution in [0.25, 0.3) is 0 Å². The molecule has 1 N–H and O–H groups in total. The predicted molar refractivity (Wildman–Crippen MR) is 86.3 cm³/mol. The zero-order chi connectivity index (χ0) is 14.2. The summed E-state index contributed by atoms with van der Waals surface area (Å²) < 4.78 is 14.9. The Morgan fingerprint density at radius 1 is 0.895 bits per heavy atom. The van der Waals surface area contributed by atoms with E-state index < -0.39 is 8.25 Å². The van der Waals surface area contributed by atoms with E-state index in [1.54, 1.807) is 0 Å². The molecular weight excluding hydrogens is 279 g/mol. The summed E-state index contributed by atoms with van der Waals surface area (Å²) in [7, 11) is -2.71. The largest absolute Gasteiger partial charge is 0.326 e. The fourth-order valence-electron chi connectivity index (χ4n) is 1.98. The molecule has 0 saturated carbocycles. The zero-order valence-corrected chi connectivity index (χ0v) is 14.2. The molecule has 116 valence electrons. The lowest BCUT2D eigenvalue weighted by molar-refractivity contribution is 0.300. The Kier molecular flexibility index (Phi) is 17.0. The Balaban J connectivity index is 2.93. The third-order valence-corrected chi connectivity index (χ3v) is 4.58. The fourth-order valence-corrected chi connectivity index (χ4v) is 3.22. The molecule has 1 atom stereocenters. The van der Waals surface area contributed by atoms with Crippen molar-refractivity contribution in [1.82, 2.24) is 0 Å². The van der Waals surface area contributed by atoms with Gasteiger partial charge in [-0.3, -0.25) is 4.57 Å². The van der Waals surface area contributed by atoms with Crippen LogP contribution < -0.4 is 0 Å². The molecule has 0 bridgehead atoms. The van der Waals surface area contributed by atoms with E-state index in [1.165, 1.54) is 64.2 Å². The van der Waals surface area contributed by atoms with Crippen LogP contribution in [0, 0.1) is 0 Å². The summed E-state index contributed by atoms with van der Waals surface area (Å²) in [5.41, 5.74) is 0. The van der Waals surface area contributed by atoms with Gasteiger partial charge in [0.1, 0.15) is 0 Å². The standard InChI is InChI=1S/C14H31O3PS/c1-2-3-4-5-6-7-8-9-10-11-13-19-14-12-17-18(15)16/h18H,2-14H2,1H3,(H,15,16). The van der Waals surface area contributed by atoms with Crippen molar-refractivity contribution in [2.24, 2.45) is 0 Å². The van der Waals surface area contributed by atoms with Gasteiger partial charge in [-0.15, -0.1) is 0 Å². The van der Waals surface area contributed by atoms with E-state index in [-0.39, 0.29) is 0 Å². The fraction of sp³-hybridized carbons (Fsp3) is 1.00. The van der Waals surface area contributed by atoms with Crippen LogP contribution in [0.5, 0.6) is 0 Å². The maximum Gasteiger partial charge on any atom is 0.316 e. The quantitative estimate of drug-likeness (QED) is 0.340. The third-order valence-electron chi connectivity index (χ3n) is 3.10. The molecule has 3 nitrogen and oxygen atoms in total. The van der Waals surface area contributed by atoms with Crippen LogP contribution in [-0.2, 0) is 9.09 Å². The Bertz CT molecular complexity index is 203. The summed E-state index contributed by atoms with van der Waals surface area (Å²) in [6.45, 7) is 2.66. The predicted octanol–water partition coefficient (Wildman–Crippen LogP) is 5.04. The smallest absolute Gasteiger partial charge is 0.316 e. The van der Waals surface area contributed by atoms with E-state index in [0.717, 1.165) is 11.5 Å². The van der Waals surface area contributed by atoms with E-state index in [4.69, 9.17) is 4.89 Å². The first-order valence-corrected chi connectivity index (χ1v) is 10.1. The van der Waals surface area contributed by atoms with Gasteiger partial charge in [0.2, 0.25) is 0 Å². The normalized spacial score (nSPS) is 12.7. The Morgan fingerprint density at radius 3 is 1.95 bits per heavy atom. The summed E-state index contributed by atoms with van der Waals surface area (Å²) >= 11 is 1.81. The van der Waals surface area contributed by atoms with E-state index in [2.05, 4.69) is 11.4 Å². The van der Waals surface area contributed by atoms with Crippen LogP contribution in [0.15, 0.2) is 0 Å². The van der Waals surface area contributed by atoms with Crippen molar-refractivity contribution in [3.05, 3.63) is 0 Å². The van der Waals surface area contributed by atoms with Gasteiger partial charge in [-0.25, -0.2) is 0 Å². The van der Waals surface area contributed by atoms with E-state index >= 15 is 0 Å². The number of hydrogen-bond acceptors (Lipinski definition) is 3.